The van der Waals surface area contributed by atoms with Gasteiger partial charge in [0.25, 0.3) is 0 Å². The van der Waals surface area contributed by atoms with E-state index >= 15 is 0 Å². The number of ether oxygens (including phenoxy) is 2. The molecule has 1 fully saturated rings. The SMILES string of the molecule is CC(C)(C)OC(=O)NC(Cc1cccc(OCC2CC2)c1)C(=O)O. The Morgan fingerprint density at radius 1 is 1.33 bits per heavy atom. The molecule has 0 aliphatic heterocycles. The quantitative estimate of drug-likeness (QED) is 0.800. The second kappa shape index (κ2) is 7.55. The summed E-state index contributed by atoms with van der Waals surface area (Å²) in [6, 6.07) is 6.25. The number of carbonyl (C=O) groups excluding carboxylic acids is 1. The van der Waals surface area contributed by atoms with E-state index in [9.17, 15) is 14.7 Å². The van der Waals surface area contributed by atoms with Gasteiger partial charge in [0, 0.05) is 6.42 Å². The zero-order valence-corrected chi connectivity index (χ0v) is 14.4. The van der Waals surface area contributed by atoms with E-state index in [2.05, 4.69) is 5.32 Å². The van der Waals surface area contributed by atoms with E-state index in [1.165, 1.54) is 12.8 Å². The maximum atomic E-state index is 11.8. The van der Waals surface area contributed by atoms with Crippen LogP contribution in [-0.2, 0) is 16.0 Å². The van der Waals surface area contributed by atoms with Gasteiger partial charge in [-0.2, -0.15) is 0 Å². The van der Waals surface area contributed by atoms with Crippen molar-refractivity contribution in [2.24, 2.45) is 5.92 Å². The highest BCUT2D eigenvalue weighted by Crippen LogP contribution is 2.29. The number of hydrogen-bond donors (Lipinski definition) is 2. The molecule has 132 valence electrons. The van der Waals surface area contributed by atoms with Crippen LogP contribution < -0.4 is 10.1 Å². The third-order valence-corrected chi connectivity index (χ3v) is 3.51. The molecule has 0 heterocycles. The average molecular weight is 335 g/mol. The van der Waals surface area contributed by atoms with Gasteiger partial charge in [-0.1, -0.05) is 12.1 Å². The lowest BCUT2D eigenvalue weighted by Crippen LogP contribution is -2.44. The molecule has 1 unspecified atom stereocenters. The highest BCUT2D eigenvalue weighted by Gasteiger charge is 2.25. The summed E-state index contributed by atoms with van der Waals surface area (Å²) in [5.41, 5.74) is 0.107. The van der Waals surface area contributed by atoms with Crippen LogP contribution in [-0.4, -0.2) is 35.4 Å². The summed E-state index contributed by atoms with van der Waals surface area (Å²) in [5.74, 6) is 0.264. The van der Waals surface area contributed by atoms with Crippen molar-refractivity contribution in [1.82, 2.24) is 5.32 Å². The summed E-state index contributed by atoms with van der Waals surface area (Å²) in [7, 11) is 0. The number of alkyl carbamates (subject to hydrolysis) is 1. The Hall–Kier alpha value is -2.24. The molecule has 1 aliphatic carbocycles. The van der Waals surface area contributed by atoms with Crippen LogP contribution in [0.4, 0.5) is 4.79 Å². The van der Waals surface area contributed by atoms with Crippen LogP contribution in [0.1, 0.15) is 39.2 Å². The van der Waals surface area contributed by atoms with Crippen LogP contribution in [0, 0.1) is 5.92 Å². The van der Waals surface area contributed by atoms with Crippen molar-refractivity contribution in [3.63, 3.8) is 0 Å². The van der Waals surface area contributed by atoms with E-state index in [4.69, 9.17) is 9.47 Å². The van der Waals surface area contributed by atoms with Gasteiger partial charge in [-0.3, -0.25) is 0 Å². The second-order valence-electron chi connectivity index (χ2n) is 7.14. The number of nitrogens with one attached hydrogen (secondary N) is 1. The summed E-state index contributed by atoms with van der Waals surface area (Å²) in [4.78, 5) is 23.2. The standard InChI is InChI=1S/C18H25NO5/c1-18(2,3)24-17(22)19-15(16(20)21)10-13-5-4-6-14(9-13)23-11-12-7-8-12/h4-6,9,12,15H,7-8,10-11H2,1-3H3,(H,19,22)(H,20,21). The third-order valence-electron chi connectivity index (χ3n) is 3.51. The van der Waals surface area contributed by atoms with Crippen molar-refractivity contribution in [2.45, 2.75) is 51.7 Å². The molecule has 1 aromatic carbocycles. The maximum Gasteiger partial charge on any atom is 0.408 e. The molecule has 1 amide bonds. The van der Waals surface area contributed by atoms with Crippen molar-refractivity contribution in [3.8, 4) is 5.75 Å². The molecule has 1 aromatic rings. The first-order valence-corrected chi connectivity index (χ1v) is 8.17. The van der Waals surface area contributed by atoms with Gasteiger partial charge >= 0.3 is 12.1 Å². The number of carboxylic acids is 1. The molecule has 2 N–H and O–H groups in total. The van der Waals surface area contributed by atoms with E-state index in [-0.39, 0.29) is 6.42 Å². The fourth-order valence-electron chi connectivity index (χ4n) is 2.15. The lowest BCUT2D eigenvalue weighted by molar-refractivity contribution is -0.139. The fraction of sp³-hybridized carbons (Fsp3) is 0.556. The van der Waals surface area contributed by atoms with Gasteiger partial charge in [0.2, 0.25) is 0 Å². The number of aliphatic carboxylic acids is 1. The molecule has 1 atom stereocenters. The molecule has 2 rings (SSSR count). The average Bonchev–Trinajstić information content (AvgIpc) is 3.27. The maximum absolute atomic E-state index is 11.8. The molecule has 1 aliphatic rings. The number of amides is 1. The Kier molecular flexibility index (Phi) is 5.70. The molecule has 0 bridgehead atoms. The first kappa shape index (κ1) is 18.1. The minimum absolute atomic E-state index is 0.162. The topological polar surface area (TPSA) is 84.9 Å². The van der Waals surface area contributed by atoms with E-state index in [1.807, 2.05) is 24.3 Å². The molecule has 0 saturated heterocycles. The van der Waals surface area contributed by atoms with E-state index < -0.39 is 23.7 Å². The largest absolute Gasteiger partial charge is 0.493 e. The predicted molar refractivity (Wildman–Crippen MR) is 89.2 cm³/mol. The van der Waals surface area contributed by atoms with Gasteiger partial charge in [0.1, 0.15) is 17.4 Å². The van der Waals surface area contributed by atoms with Crippen LogP contribution in [0.15, 0.2) is 24.3 Å². The molecule has 0 spiro atoms. The smallest absolute Gasteiger partial charge is 0.408 e. The highest BCUT2D eigenvalue weighted by atomic mass is 16.6. The number of benzene rings is 1. The second-order valence-corrected chi connectivity index (χ2v) is 7.14. The van der Waals surface area contributed by atoms with Crippen molar-refractivity contribution >= 4 is 12.1 Å². The van der Waals surface area contributed by atoms with E-state index in [0.717, 1.165) is 11.3 Å². The first-order chi connectivity index (χ1) is 11.2. The Balaban J connectivity index is 1.95. The van der Waals surface area contributed by atoms with Crippen LogP contribution in [0.25, 0.3) is 0 Å². The van der Waals surface area contributed by atoms with Crippen LogP contribution in [0.5, 0.6) is 5.75 Å². The Morgan fingerprint density at radius 2 is 2.04 bits per heavy atom. The van der Waals surface area contributed by atoms with Gasteiger partial charge in [0.05, 0.1) is 6.61 Å². The Morgan fingerprint density at radius 3 is 2.62 bits per heavy atom. The van der Waals surface area contributed by atoms with Crippen LogP contribution in [0.3, 0.4) is 0 Å². The highest BCUT2D eigenvalue weighted by molar-refractivity contribution is 5.80. The van der Waals surface area contributed by atoms with Gasteiger partial charge in [-0.25, -0.2) is 9.59 Å². The summed E-state index contributed by atoms with van der Waals surface area (Å²) in [6.07, 6.45) is 1.84. The minimum Gasteiger partial charge on any atom is -0.493 e. The summed E-state index contributed by atoms with van der Waals surface area (Å²) >= 11 is 0. The normalized spacial score (nSPS) is 15.5. The number of carbonyl (C=O) groups is 2. The molecule has 0 radical (unpaired) electrons. The molecule has 1 saturated carbocycles. The van der Waals surface area contributed by atoms with Gasteiger partial charge in [-0.15, -0.1) is 0 Å². The summed E-state index contributed by atoms with van der Waals surface area (Å²) < 4.78 is 10.8. The van der Waals surface area contributed by atoms with Gasteiger partial charge in [0.15, 0.2) is 0 Å². The third kappa shape index (κ3) is 6.48. The van der Waals surface area contributed by atoms with Crippen LogP contribution >= 0.6 is 0 Å². The fourth-order valence-corrected chi connectivity index (χ4v) is 2.15. The zero-order valence-electron chi connectivity index (χ0n) is 14.4. The molecule has 24 heavy (non-hydrogen) atoms. The van der Waals surface area contributed by atoms with E-state index in [0.29, 0.717) is 12.5 Å². The van der Waals surface area contributed by atoms with Crippen molar-refractivity contribution in [2.75, 3.05) is 6.61 Å². The lowest BCUT2D eigenvalue weighted by Gasteiger charge is -2.22. The first-order valence-electron chi connectivity index (χ1n) is 8.17. The molecular formula is C18H25NO5. The minimum atomic E-state index is -1.11. The van der Waals surface area contributed by atoms with Crippen molar-refractivity contribution in [1.29, 1.82) is 0 Å². The number of hydrogen-bond acceptors (Lipinski definition) is 4. The lowest BCUT2D eigenvalue weighted by atomic mass is 10.1. The number of rotatable bonds is 7. The van der Waals surface area contributed by atoms with Crippen LogP contribution in [0.2, 0.25) is 0 Å². The summed E-state index contributed by atoms with van der Waals surface area (Å²) in [5, 5.41) is 11.7. The Bertz CT molecular complexity index is 589. The molecule has 6 nitrogen and oxygen atoms in total. The molecule has 0 aromatic heterocycles. The molecule has 6 heteroatoms. The molecular weight excluding hydrogens is 310 g/mol. The zero-order chi connectivity index (χ0) is 17.7. The van der Waals surface area contributed by atoms with Gasteiger partial charge < -0.3 is 19.9 Å². The monoisotopic (exact) mass is 335 g/mol. The van der Waals surface area contributed by atoms with Crippen molar-refractivity contribution in [3.05, 3.63) is 29.8 Å². The summed E-state index contributed by atoms with van der Waals surface area (Å²) in [6.45, 7) is 5.87. The van der Waals surface area contributed by atoms with Gasteiger partial charge in [-0.05, 0) is 57.2 Å². The van der Waals surface area contributed by atoms with E-state index in [1.54, 1.807) is 20.8 Å². The number of carboxylic acid groups (broad SMARTS) is 1. The van der Waals surface area contributed by atoms with Crippen molar-refractivity contribution < 1.29 is 24.2 Å². The predicted octanol–water partition coefficient (Wildman–Crippen LogP) is 3.00. The Labute approximate surface area is 142 Å².